The van der Waals surface area contributed by atoms with Crippen LogP contribution in [0, 0.1) is 11.8 Å². The van der Waals surface area contributed by atoms with Crippen LogP contribution in [0.2, 0.25) is 0 Å². The van der Waals surface area contributed by atoms with Gasteiger partial charge in [0.2, 0.25) is 23.8 Å². The standard InChI is InChI=1S/C29H30N10O4/c1-42-24(40)15-3-7-17(8-4-15)32-28-36-23(37-29(39-28)33-18-9-5-16(6-10-18)25(41)43-2)21-13-14-11-19(21)20(12-14)22-34-26(30)38-27(31)35-22/h3-10,14,19-21H,11-13H2,1-2H3,(H4,30,31,34,35,38)(H2,32,33,36,37,39). The topological polar surface area (TPSA) is 206 Å². The van der Waals surface area contributed by atoms with Gasteiger partial charge < -0.3 is 31.6 Å². The normalized spacial score (nSPS) is 20.4. The number of anilines is 6. The van der Waals surface area contributed by atoms with Crippen LogP contribution in [0.25, 0.3) is 0 Å². The van der Waals surface area contributed by atoms with Gasteiger partial charge in [-0.1, -0.05) is 0 Å². The fourth-order valence-electron chi connectivity index (χ4n) is 6.08. The van der Waals surface area contributed by atoms with E-state index in [0.717, 1.165) is 19.3 Å². The minimum Gasteiger partial charge on any atom is -0.465 e. The molecule has 2 aliphatic rings. The van der Waals surface area contributed by atoms with E-state index in [1.54, 1.807) is 48.5 Å². The Morgan fingerprint density at radius 1 is 0.651 bits per heavy atom. The molecule has 4 unspecified atom stereocenters. The van der Waals surface area contributed by atoms with Gasteiger partial charge in [-0.3, -0.25) is 0 Å². The highest BCUT2D eigenvalue weighted by Crippen LogP contribution is 2.58. The second kappa shape index (κ2) is 11.5. The lowest BCUT2D eigenvalue weighted by atomic mass is 9.79. The highest BCUT2D eigenvalue weighted by Gasteiger charge is 2.49. The molecule has 0 radical (unpaired) electrons. The molecule has 43 heavy (non-hydrogen) atoms. The Bertz CT molecular complexity index is 1570. The zero-order valence-corrected chi connectivity index (χ0v) is 23.5. The van der Waals surface area contributed by atoms with Crippen molar-refractivity contribution in [3.05, 3.63) is 71.3 Å². The van der Waals surface area contributed by atoms with Gasteiger partial charge in [0.15, 0.2) is 0 Å². The molecule has 2 bridgehead atoms. The van der Waals surface area contributed by atoms with Gasteiger partial charge in [0, 0.05) is 23.2 Å². The molecule has 14 nitrogen and oxygen atoms in total. The Morgan fingerprint density at radius 3 is 1.51 bits per heavy atom. The number of carbonyl (C=O) groups is 2. The number of fused-ring (bicyclic) bond motifs is 2. The van der Waals surface area contributed by atoms with Crippen LogP contribution in [0.15, 0.2) is 48.5 Å². The average Bonchev–Trinajstić information content (AvgIpc) is 3.62. The maximum Gasteiger partial charge on any atom is 0.337 e. The number of esters is 2. The van der Waals surface area contributed by atoms with E-state index < -0.39 is 11.9 Å². The van der Waals surface area contributed by atoms with Crippen molar-refractivity contribution >= 4 is 47.1 Å². The molecule has 2 aliphatic carbocycles. The highest BCUT2D eigenvalue weighted by molar-refractivity contribution is 5.90. The number of nitrogens with one attached hydrogen (secondary N) is 2. The summed E-state index contributed by atoms with van der Waals surface area (Å²) in [6.07, 6.45) is 2.84. The van der Waals surface area contributed by atoms with E-state index in [9.17, 15) is 9.59 Å². The van der Waals surface area contributed by atoms with Crippen molar-refractivity contribution in [3.63, 3.8) is 0 Å². The largest absolute Gasteiger partial charge is 0.465 e. The van der Waals surface area contributed by atoms with Crippen LogP contribution in [0.4, 0.5) is 35.2 Å². The molecule has 2 heterocycles. The second-order valence-corrected chi connectivity index (χ2v) is 10.6. The number of aromatic nitrogens is 6. The Kier molecular flexibility index (Phi) is 7.40. The number of nitrogen functional groups attached to an aromatic ring is 2. The molecule has 6 N–H and O–H groups in total. The molecule has 4 aromatic rings. The van der Waals surface area contributed by atoms with Crippen LogP contribution in [0.5, 0.6) is 0 Å². The lowest BCUT2D eigenvalue weighted by Gasteiger charge is -2.28. The van der Waals surface area contributed by atoms with Crippen LogP contribution < -0.4 is 22.1 Å². The van der Waals surface area contributed by atoms with E-state index in [1.807, 2.05) is 0 Å². The van der Waals surface area contributed by atoms with Crippen LogP contribution in [0.1, 0.15) is 63.5 Å². The molecule has 0 spiro atoms. The third-order valence-electron chi connectivity index (χ3n) is 7.94. The first-order valence-electron chi connectivity index (χ1n) is 13.7. The van der Waals surface area contributed by atoms with E-state index in [2.05, 4.69) is 30.6 Å². The molecule has 2 aromatic carbocycles. The number of methoxy groups -OCH3 is 2. The van der Waals surface area contributed by atoms with E-state index in [4.69, 9.17) is 30.9 Å². The van der Waals surface area contributed by atoms with Crippen molar-refractivity contribution in [1.82, 2.24) is 29.9 Å². The molecular formula is C29H30N10O4. The van der Waals surface area contributed by atoms with Crippen LogP contribution in [-0.4, -0.2) is 56.1 Å². The van der Waals surface area contributed by atoms with Gasteiger partial charge in [-0.05, 0) is 79.6 Å². The summed E-state index contributed by atoms with van der Waals surface area (Å²) in [6.45, 7) is 0. The summed E-state index contributed by atoms with van der Waals surface area (Å²) >= 11 is 0. The molecule has 0 amide bonds. The van der Waals surface area contributed by atoms with Crippen molar-refractivity contribution in [2.24, 2.45) is 11.8 Å². The minimum absolute atomic E-state index is 0.0236. The summed E-state index contributed by atoms with van der Waals surface area (Å²) in [6, 6.07) is 13.6. The molecule has 2 saturated carbocycles. The van der Waals surface area contributed by atoms with Gasteiger partial charge in [-0.15, -0.1) is 0 Å². The molecule has 14 heteroatoms. The number of hydrogen-bond acceptors (Lipinski definition) is 14. The van der Waals surface area contributed by atoms with Crippen LogP contribution in [0.3, 0.4) is 0 Å². The van der Waals surface area contributed by atoms with Gasteiger partial charge in [-0.25, -0.2) is 9.59 Å². The lowest BCUT2D eigenvalue weighted by Crippen LogP contribution is -2.23. The number of hydrogen-bond donors (Lipinski definition) is 4. The summed E-state index contributed by atoms with van der Waals surface area (Å²) in [5.74, 6) is 1.98. The third-order valence-corrected chi connectivity index (χ3v) is 7.94. The summed E-state index contributed by atoms with van der Waals surface area (Å²) in [4.78, 5) is 50.7. The highest BCUT2D eigenvalue weighted by atomic mass is 16.5. The monoisotopic (exact) mass is 582 g/mol. The van der Waals surface area contributed by atoms with Gasteiger partial charge in [0.05, 0.1) is 25.3 Å². The van der Waals surface area contributed by atoms with E-state index in [0.29, 0.717) is 52.0 Å². The Hall–Kier alpha value is -5.40. The van der Waals surface area contributed by atoms with E-state index in [-0.39, 0.29) is 29.7 Å². The quantitative estimate of drug-likeness (QED) is 0.219. The third kappa shape index (κ3) is 5.84. The number of benzene rings is 2. The van der Waals surface area contributed by atoms with Gasteiger partial charge in [0.1, 0.15) is 11.6 Å². The van der Waals surface area contributed by atoms with Gasteiger partial charge in [-0.2, -0.15) is 29.9 Å². The number of carbonyl (C=O) groups excluding carboxylic acids is 2. The maximum atomic E-state index is 11.9. The molecule has 6 rings (SSSR count). The first-order chi connectivity index (χ1) is 20.8. The van der Waals surface area contributed by atoms with Crippen molar-refractivity contribution in [1.29, 1.82) is 0 Å². The molecule has 220 valence electrons. The van der Waals surface area contributed by atoms with Crippen molar-refractivity contribution in [2.45, 2.75) is 31.1 Å². The number of nitrogens with zero attached hydrogens (tertiary/aromatic N) is 6. The van der Waals surface area contributed by atoms with Crippen molar-refractivity contribution in [2.75, 3.05) is 36.3 Å². The summed E-state index contributed by atoms with van der Waals surface area (Å²) < 4.78 is 9.58. The first-order valence-corrected chi connectivity index (χ1v) is 13.7. The Labute approximate surface area is 246 Å². The van der Waals surface area contributed by atoms with Crippen LogP contribution >= 0.6 is 0 Å². The fraction of sp³-hybridized carbons (Fsp3) is 0.310. The average molecular weight is 583 g/mol. The summed E-state index contributed by atoms with van der Waals surface area (Å²) in [7, 11) is 2.67. The van der Waals surface area contributed by atoms with E-state index >= 15 is 0 Å². The SMILES string of the molecule is COC(=O)c1ccc(Nc2nc(Nc3ccc(C(=O)OC)cc3)nc(C3CC4CC(c5nc(N)nc(N)n5)C3C4)n2)cc1. The number of nitrogens with two attached hydrogens (primary N) is 2. The van der Waals surface area contributed by atoms with Gasteiger partial charge >= 0.3 is 11.9 Å². The molecule has 0 saturated heterocycles. The Balaban J connectivity index is 1.31. The van der Waals surface area contributed by atoms with E-state index in [1.165, 1.54) is 14.2 Å². The lowest BCUT2D eigenvalue weighted by molar-refractivity contribution is 0.0592. The van der Waals surface area contributed by atoms with Crippen molar-refractivity contribution in [3.8, 4) is 0 Å². The predicted molar refractivity (Wildman–Crippen MR) is 157 cm³/mol. The number of rotatable bonds is 8. The summed E-state index contributed by atoms with van der Waals surface area (Å²) in [5.41, 5.74) is 14.0. The molecule has 2 fully saturated rings. The molecule has 2 aromatic heterocycles. The molecule has 4 atom stereocenters. The predicted octanol–water partition coefficient (Wildman–Crippen LogP) is 3.58. The first kappa shape index (κ1) is 27.8. The smallest absolute Gasteiger partial charge is 0.337 e. The summed E-state index contributed by atoms with van der Waals surface area (Å²) in [5, 5.41) is 6.46. The van der Waals surface area contributed by atoms with Gasteiger partial charge in [0.25, 0.3) is 0 Å². The maximum absolute atomic E-state index is 11.9. The zero-order valence-electron chi connectivity index (χ0n) is 23.5. The zero-order chi connectivity index (χ0) is 30.1. The second-order valence-electron chi connectivity index (χ2n) is 10.6. The number of ether oxygens (including phenoxy) is 2. The fourth-order valence-corrected chi connectivity index (χ4v) is 6.08. The van der Waals surface area contributed by atoms with Crippen molar-refractivity contribution < 1.29 is 19.1 Å². The van der Waals surface area contributed by atoms with Crippen LogP contribution in [-0.2, 0) is 9.47 Å². The Morgan fingerprint density at radius 2 is 1.09 bits per heavy atom. The molecule has 0 aliphatic heterocycles. The molecular weight excluding hydrogens is 552 g/mol. The minimum atomic E-state index is -0.425.